The van der Waals surface area contributed by atoms with Crippen molar-refractivity contribution in [3.8, 4) is 11.5 Å². The van der Waals surface area contributed by atoms with Gasteiger partial charge in [-0.15, -0.1) is 0 Å². The van der Waals surface area contributed by atoms with E-state index in [-0.39, 0.29) is 11.3 Å². The predicted molar refractivity (Wildman–Crippen MR) is 148 cm³/mol. The Balaban J connectivity index is 1.77. The van der Waals surface area contributed by atoms with Crippen molar-refractivity contribution in [2.45, 2.75) is 26.8 Å². The molecular formula is C30H27ClN2O5. The molecule has 38 heavy (non-hydrogen) atoms. The number of rotatable bonds is 7. The van der Waals surface area contributed by atoms with Crippen LogP contribution in [-0.4, -0.2) is 35.0 Å². The minimum Gasteiger partial charge on any atom is -0.507 e. The van der Waals surface area contributed by atoms with Crippen LogP contribution in [0.4, 0.5) is 5.69 Å². The maximum absolute atomic E-state index is 13.6. The smallest absolute Gasteiger partial charge is 0.300 e. The Morgan fingerprint density at radius 1 is 1.03 bits per heavy atom. The number of para-hydroxylation sites is 1. The van der Waals surface area contributed by atoms with Crippen LogP contribution in [0.25, 0.3) is 16.7 Å². The largest absolute Gasteiger partial charge is 0.507 e. The third-order valence-corrected chi connectivity index (χ3v) is 7.02. The van der Waals surface area contributed by atoms with Crippen molar-refractivity contribution in [2.24, 2.45) is 0 Å². The first kappa shape index (κ1) is 25.4. The molecule has 4 aromatic rings. The van der Waals surface area contributed by atoms with Crippen LogP contribution in [0.15, 0.2) is 72.4 Å². The van der Waals surface area contributed by atoms with Crippen LogP contribution in [0.3, 0.4) is 0 Å². The topological polar surface area (TPSA) is 91.9 Å². The fourth-order valence-corrected chi connectivity index (χ4v) is 4.99. The Morgan fingerprint density at radius 2 is 1.79 bits per heavy atom. The quantitative estimate of drug-likeness (QED) is 0.160. The van der Waals surface area contributed by atoms with Gasteiger partial charge in [0.05, 0.1) is 30.4 Å². The summed E-state index contributed by atoms with van der Waals surface area (Å²) in [5.41, 5.74) is 3.05. The van der Waals surface area contributed by atoms with Crippen molar-refractivity contribution in [1.82, 2.24) is 4.98 Å². The number of aromatic nitrogens is 1. The van der Waals surface area contributed by atoms with Crippen molar-refractivity contribution in [2.75, 3.05) is 18.1 Å². The van der Waals surface area contributed by atoms with Crippen molar-refractivity contribution in [1.29, 1.82) is 0 Å². The molecule has 7 nitrogen and oxygen atoms in total. The van der Waals surface area contributed by atoms with Gasteiger partial charge in [-0.05, 0) is 56.7 Å². The number of Topliss-reactive ketones (excluding diaryl/α,β-unsaturated/α-hetero) is 1. The lowest BCUT2D eigenvalue weighted by Gasteiger charge is -2.25. The monoisotopic (exact) mass is 530 g/mol. The summed E-state index contributed by atoms with van der Waals surface area (Å²) in [6, 6.07) is 16.9. The molecule has 0 saturated carbocycles. The van der Waals surface area contributed by atoms with Gasteiger partial charge in [-0.25, -0.2) is 0 Å². The Morgan fingerprint density at radius 3 is 2.53 bits per heavy atom. The van der Waals surface area contributed by atoms with E-state index in [0.717, 1.165) is 16.5 Å². The third kappa shape index (κ3) is 4.29. The normalized spacial score (nSPS) is 16.8. The maximum atomic E-state index is 13.6. The maximum Gasteiger partial charge on any atom is 0.300 e. The van der Waals surface area contributed by atoms with Crippen molar-refractivity contribution in [3.05, 3.63) is 94.1 Å². The van der Waals surface area contributed by atoms with E-state index in [0.29, 0.717) is 46.5 Å². The number of hydrogen-bond acceptors (Lipinski definition) is 5. The number of nitrogens with one attached hydrogen (secondary N) is 1. The lowest BCUT2D eigenvalue weighted by Crippen LogP contribution is -2.29. The molecule has 1 fully saturated rings. The molecule has 2 heterocycles. The lowest BCUT2D eigenvalue weighted by atomic mass is 9.94. The second-order valence-electron chi connectivity index (χ2n) is 8.92. The number of aliphatic hydroxyl groups is 1. The summed E-state index contributed by atoms with van der Waals surface area (Å²) in [5.74, 6) is -0.976. The van der Waals surface area contributed by atoms with Gasteiger partial charge in [0, 0.05) is 39.4 Å². The Kier molecular flexibility index (Phi) is 6.87. The first-order valence-electron chi connectivity index (χ1n) is 12.4. The van der Waals surface area contributed by atoms with E-state index in [1.165, 1.54) is 4.90 Å². The number of aromatic amines is 1. The summed E-state index contributed by atoms with van der Waals surface area (Å²) >= 11 is 6.42. The highest BCUT2D eigenvalue weighted by atomic mass is 35.5. The summed E-state index contributed by atoms with van der Waals surface area (Å²) in [5, 5.41) is 13.0. The van der Waals surface area contributed by atoms with E-state index in [4.69, 9.17) is 21.1 Å². The number of fused-ring (bicyclic) bond motifs is 1. The number of anilines is 1. The zero-order chi connectivity index (χ0) is 27.0. The second-order valence-corrected chi connectivity index (χ2v) is 9.32. The number of ketones is 1. The molecule has 194 valence electrons. The van der Waals surface area contributed by atoms with Crippen LogP contribution in [0.5, 0.6) is 11.5 Å². The average Bonchev–Trinajstić information content (AvgIpc) is 3.44. The summed E-state index contributed by atoms with van der Waals surface area (Å²) in [4.78, 5) is 31.8. The highest BCUT2D eigenvalue weighted by Crippen LogP contribution is 2.46. The van der Waals surface area contributed by atoms with E-state index in [2.05, 4.69) is 4.98 Å². The molecule has 1 saturated heterocycles. The first-order valence-corrected chi connectivity index (χ1v) is 12.8. The molecule has 0 bridgehead atoms. The molecule has 1 aliphatic rings. The number of H-pyrrole nitrogens is 1. The number of benzene rings is 3. The Hall–Kier alpha value is -4.23. The zero-order valence-corrected chi connectivity index (χ0v) is 22.0. The van der Waals surface area contributed by atoms with Gasteiger partial charge in [0.15, 0.2) is 0 Å². The molecule has 5 rings (SSSR count). The van der Waals surface area contributed by atoms with Crippen LogP contribution < -0.4 is 14.4 Å². The Labute approximate surface area is 225 Å². The van der Waals surface area contributed by atoms with Gasteiger partial charge < -0.3 is 19.6 Å². The van der Waals surface area contributed by atoms with Gasteiger partial charge in [0.1, 0.15) is 17.3 Å². The zero-order valence-electron chi connectivity index (χ0n) is 21.2. The molecule has 1 aromatic heterocycles. The highest BCUT2D eigenvalue weighted by molar-refractivity contribution is 6.52. The number of halogens is 1. The minimum absolute atomic E-state index is 0.0402. The van der Waals surface area contributed by atoms with Crippen LogP contribution in [0.2, 0.25) is 5.02 Å². The van der Waals surface area contributed by atoms with Crippen molar-refractivity contribution < 1.29 is 24.2 Å². The van der Waals surface area contributed by atoms with Crippen molar-refractivity contribution in [3.63, 3.8) is 0 Å². The molecule has 1 aliphatic heterocycles. The first-order chi connectivity index (χ1) is 18.3. The van der Waals surface area contributed by atoms with Gasteiger partial charge >= 0.3 is 0 Å². The summed E-state index contributed by atoms with van der Waals surface area (Å²) in [6.45, 7) is 6.34. The van der Waals surface area contributed by atoms with Crippen LogP contribution >= 0.6 is 11.6 Å². The molecule has 0 aliphatic carbocycles. The number of nitrogens with zero attached hydrogens (tertiary/aromatic N) is 1. The molecular weight excluding hydrogens is 504 g/mol. The number of amides is 1. The van der Waals surface area contributed by atoms with Gasteiger partial charge in [-0.3, -0.25) is 14.5 Å². The van der Waals surface area contributed by atoms with Gasteiger partial charge in [-0.2, -0.15) is 0 Å². The standard InChI is InChI=1S/C30H27ClN2O5/c1-4-37-19-12-13-21(25(15-19)38-5-2)28(34)26-27(22-16-32-24-9-7-6-8-20(22)24)33(30(36)29(26)35)18-11-10-17(3)23(31)14-18/h6-16,27,32,34H,4-5H2,1-3H3/b28-26+. The number of ether oxygens (including phenoxy) is 2. The molecule has 1 unspecified atom stereocenters. The number of carbonyl (C=O) groups excluding carboxylic acids is 2. The molecule has 0 radical (unpaired) electrons. The van der Waals surface area contributed by atoms with Crippen molar-refractivity contribution >= 4 is 45.6 Å². The molecule has 1 amide bonds. The highest BCUT2D eigenvalue weighted by Gasteiger charge is 2.48. The van der Waals surface area contributed by atoms with E-state index >= 15 is 0 Å². The molecule has 8 heteroatoms. The van der Waals surface area contributed by atoms with Crippen LogP contribution in [-0.2, 0) is 9.59 Å². The van der Waals surface area contributed by atoms with E-state index in [1.54, 1.807) is 42.6 Å². The van der Waals surface area contributed by atoms with E-state index in [9.17, 15) is 14.7 Å². The SMILES string of the molecule is CCOc1ccc(/C(O)=C2\C(=O)C(=O)N(c3ccc(C)c(Cl)c3)C2c2c[nH]c3ccccc23)c(OCC)c1. The van der Waals surface area contributed by atoms with Gasteiger partial charge in [0.25, 0.3) is 11.7 Å². The Bertz CT molecular complexity index is 1590. The van der Waals surface area contributed by atoms with Gasteiger partial charge in [-0.1, -0.05) is 35.9 Å². The van der Waals surface area contributed by atoms with Crippen LogP contribution in [0, 0.1) is 6.92 Å². The number of aryl methyl sites for hydroxylation is 1. The summed E-state index contributed by atoms with van der Waals surface area (Å²) in [6.07, 6.45) is 1.76. The van der Waals surface area contributed by atoms with Gasteiger partial charge in [0.2, 0.25) is 0 Å². The molecule has 1 atom stereocenters. The summed E-state index contributed by atoms with van der Waals surface area (Å²) in [7, 11) is 0. The third-order valence-electron chi connectivity index (χ3n) is 6.61. The average molecular weight is 531 g/mol. The predicted octanol–water partition coefficient (Wildman–Crippen LogP) is 6.55. The summed E-state index contributed by atoms with van der Waals surface area (Å²) < 4.78 is 11.4. The number of aliphatic hydroxyl groups excluding tert-OH is 1. The molecule has 2 N–H and O–H groups in total. The molecule has 0 spiro atoms. The fourth-order valence-electron chi connectivity index (χ4n) is 4.82. The minimum atomic E-state index is -0.911. The fraction of sp³-hybridized carbons (Fsp3) is 0.200. The lowest BCUT2D eigenvalue weighted by molar-refractivity contribution is -0.132. The van der Waals surface area contributed by atoms with E-state index < -0.39 is 17.7 Å². The van der Waals surface area contributed by atoms with E-state index in [1.807, 2.05) is 45.0 Å². The number of carbonyl (C=O) groups is 2. The molecule has 3 aromatic carbocycles. The number of hydrogen-bond donors (Lipinski definition) is 2. The second kappa shape index (κ2) is 10.3. The van der Waals surface area contributed by atoms with Crippen LogP contribution in [0.1, 0.15) is 36.6 Å².